The Morgan fingerprint density at radius 2 is 1.62 bits per heavy atom. The molecule has 7 rings (SSSR count). The zero-order valence-electron chi connectivity index (χ0n) is 26.1. The summed E-state index contributed by atoms with van der Waals surface area (Å²) in [6.07, 6.45) is 0.937. The highest BCUT2D eigenvalue weighted by atomic mass is 35.5. The summed E-state index contributed by atoms with van der Waals surface area (Å²) in [6, 6.07) is 21.9. The molecule has 11 nitrogen and oxygen atoms in total. The number of fused-ring (bicyclic) bond motifs is 5. The Bertz CT molecular complexity index is 2210. The second-order valence-electron chi connectivity index (χ2n) is 11.9. The minimum absolute atomic E-state index is 0.0111. The predicted octanol–water partition coefficient (Wildman–Crippen LogP) is 5.75. The number of benzene rings is 3. The Hall–Kier alpha value is -5.55. The summed E-state index contributed by atoms with van der Waals surface area (Å²) in [5.41, 5.74) is 1.97. The number of para-hydroxylation sites is 1. The van der Waals surface area contributed by atoms with Crippen molar-refractivity contribution >= 4 is 51.4 Å². The van der Waals surface area contributed by atoms with Crippen molar-refractivity contribution in [3.05, 3.63) is 121 Å². The second-order valence-corrected chi connectivity index (χ2v) is 12.3. The third kappa shape index (κ3) is 5.77. The summed E-state index contributed by atoms with van der Waals surface area (Å²) in [6.45, 7) is 1.81. The number of ether oxygens (including phenoxy) is 2. The van der Waals surface area contributed by atoms with Gasteiger partial charge in [0.2, 0.25) is 0 Å². The van der Waals surface area contributed by atoms with Crippen LogP contribution in [0.25, 0.3) is 11.0 Å². The second kappa shape index (κ2) is 12.6. The number of hydrogen-bond donors (Lipinski definition) is 2. The number of nitrogens with zero attached hydrogens (tertiary/aromatic N) is 2. The molecule has 2 aromatic heterocycles. The molecule has 2 aliphatic heterocycles. The SMILES string of the molecule is COc1cc(OC)c(NC(=O)c2ccc(N3C[C@H]4C[C@@H](C3)c3cccc(=O)n3C4)c(NC(=O)c3cc4ccccc4oc3=O)c2)cc1Cl. The first-order valence-electron chi connectivity index (χ1n) is 15.4. The van der Waals surface area contributed by atoms with Crippen LogP contribution in [0.5, 0.6) is 11.5 Å². The topological polar surface area (TPSA) is 132 Å². The molecule has 12 heteroatoms. The fourth-order valence-electron chi connectivity index (χ4n) is 6.71. The molecular formula is C36H31ClN4O7. The van der Waals surface area contributed by atoms with E-state index in [0.717, 1.165) is 12.1 Å². The number of amides is 2. The summed E-state index contributed by atoms with van der Waals surface area (Å²) in [5.74, 6) is -0.132. The van der Waals surface area contributed by atoms with Crippen molar-refractivity contribution in [2.24, 2.45) is 5.92 Å². The highest BCUT2D eigenvalue weighted by molar-refractivity contribution is 6.32. The molecule has 1 saturated heterocycles. The number of aromatic nitrogens is 1. The number of hydrogen-bond acceptors (Lipinski definition) is 8. The van der Waals surface area contributed by atoms with Crippen LogP contribution in [0.4, 0.5) is 17.1 Å². The maximum Gasteiger partial charge on any atom is 0.349 e. The molecule has 5 aromatic rings. The lowest BCUT2D eigenvalue weighted by Crippen LogP contribution is -2.47. The van der Waals surface area contributed by atoms with Crippen LogP contribution in [0.2, 0.25) is 5.02 Å². The van der Waals surface area contributed by atoms with Crippen molar-refractivity contribution in [1.82, 2.24) is 4.57 Å². The highest BCUT2D eigenvalue weighted by Crippen LogP contribution is 2.40. The number of rotatable bonds is 7. The number of nitrogens with one attached hydrogen (secondary N) is 2. The van der Waals surface area contributed by atoms with Gasteiger partial charge in [0.15, 0.2) is 0 Å². The van der Waals surface area contributed by atoms with Gasteiger partial charge in [-0.1, -0.05) is 35.9 Å². The van der Waals surface area contributed by atoms with Crippen LogP contribution < -0.4 is 36.2 Å². The molecule has 0 saturated carbocycles. The Balaban J connectivity index is 1.25. The zero-order valence-corrected chi connectivity index (χ0v) is 26.9. The average molecular weight is 667 g/mol. The van der Waals surface area contributed by atoms with E-state index in [4.69, 9.17) is 25.5 Å². The first-order chi connectivity index (χ1) is 23.2. The number of carbonyl (C=O) groups excluding carboxylic acids is 2. The van der Waals surface area contributed by atoms with Crippen molar-refractivity contribution in [1.29, 1.82) is 0 Å². The molecule has 0 aliphatic carbocycles. The lowest BCUT2D eigenvalue weighted by atomic mass is 9.83. The van der Waals surface area contributed by atoms with E-state index in [1.165, 1.54) is 26.4 Å². The third-order valence-electron chi connectivity index (χ3n) is 8.94. The van der Waals surface area contributed by atoms with E-state index in [-0.39, 0.29) is 33.5 Å². The molecule has 2 bridgehead atoms. The number of carbonyl (C=O) groups is 2. The van der Waals surface area contributed by atoms with Gasteiger partial charge in [-0.2, -0.15) is 0 Å². The Morgan fingerprint density at radius 3 is 2.44 bits per heavy atom. The fraction of sp³-hybridized carbons (Fsp3) is 0.222. The van der Waals surface area contributed by atoms with E-state index in [1.807, 2.05) is 10.6 Å². The van der Waals surface area contributed by atoms with Crippen molar-refractivity contribution in [2.45, 2.75) is 18.9 Å². The largest absolute Gasteiger partial charge is 0.495 e. The van der Waals surface area contributed by atoms with Gasteiger partial charge in [-0.25, -0.2) is 4.79 Å². The van der Waals surface area contributed by atoms with Crippen LogP contribution in [0.3, 0.4) is 0 Å². The lowest BCUT2D eigenvalue weighted by Gasteiger charge is -2.44. The zero-order chi connectivity index (χ0) is 33.5. The minimum Gasteiger partial charge on any atom is -0.495 e. The molecule has 2 aliphatic rings. The predicted molar refractivity (Wildman–Crippen MR) is 183 cm³/mol. The average Bonchev–Trinajstić information content (AvgIpc) is 3.08. The van der Waals surface area contributed by atoms with Crippen molar-refractivity contribution in [3.8, 4) is 11.5 Å². The van der Waals surface area contributed by atoms with Crippen LogP contribution in [-0.2, 0) is 6.54 Å². The molecule has 48 heavy (non-hydrogen) atoms. The van der Waals surface area contributed by atoms with Crippen molar-refractivity contribution < 1.29 is 23.5 Å². The van der Waals surface area contributed by atoms with E-state index in [2.05, 4.69) is 15.5 Å². The van der Waals surface area contributed by atoms with Crippen molar-refractivity contribution in [2.75, 3.05) is 42.8 Å². The van der Waals surface area contributed by atoms with Crippen LogP contribution in [-0.4, -0.2) is 43.7 Å². The van der Waals surface area contributed by atoms with Gasteiger partial charge in [-0.15, -0.1) is 0 Å². The monoisotopic (exact) mass is 666 g/mol. The normalized spacial score (nSPS) is 16.6. The quantitative estimate of drug-likeness (QED) is 0.210. The van der Waals surface area contributed by atoms with E-state index in [1.54, 1.807) is 60.7 Å². The number of methoxy groups -OCH3 is 2. The van der Waals surface area contributed by atoms with E-state index in [0.29, 0.717) is 59.2 Å². The van der Waals surface area contributed by atoms with E-state index < -0.39 is 17.4 Å². The third-order valence-corrected chi connectivity index (χ3v) is 9.23. The van der Waals surface area contributed by atoms with Gasteiger partial charge < -0.3 is 34.0 Å². The summed E-state index contributed by atoms with van der Waals surface area (Å²) in [5, 5.41) is 6.60. The van der Waals surface area contributed by atoms with Gasteiger partial charge in [0.1, 0.15) is 22.6 Å². The molecule has 2 amide bonds. The number of pyridine rings is 1. The van der Waals surface area contributed by atoms with Gasteiger partial charge in [0.05, 0.1) is 36.3 Å². The van der Waals surface area contributed by atoms with Crippen LogP contribution >= 0.6 is 11.6 Å². The number of piperidine rings is 1. The molecule has 2 N–H and O–H groups in total. The Morgan fingerprint density at radius 1 is 0.833 bits per heavy atom. The molecule has 0 spiro atoms. The summed E-state index contributed by atoms with van der Waals surface area (Å²) in [4.78, 5) is 54.9. The molecule has 0 unspecified atom stereocenters. The summed E-state index contributed by atoms with van der Waals surface area (Å²) < 4.78 is 18.0. The first-order valence-corrected chi connectivity index (χ1v) is 15.8. The molecule has 4 heterocycles. The summed E-state index contributed by atoms with van der Waals surface area (Å²) in [7, 11) is 2.94. The van der Waals surface area contributed by atoms with Crippen LogP contribution in [0.1, 0.15) is 38.7 Å². The molecule has 244 valence electrons. The molecule has 1 fully saturated rings. The maximum absolute atomic E-state index is 13.7. The van der Waals surface area contributed by atoms with Gasteiger partial charge in [0.25, 0.3) is 17.4 Å². The van der Waals surface area contributed by atoms with Gasteiger partial charge in [-0.05, 0) is 54.8 Å². The van der Waals surface area contributed by atoms with Crippen molar-refractivity contribution in [3.63, 3.8) is 0 Å². The summed E-state index contributed by atoms with van der Waals surface area (Å²) >= 11 is 6.33. The molecule has 3 aromatic carbocycles. The lowest BCUT2D eigenvalue weighted by molar-refractivity contribution is 0.101. The number of halogens is 1. The van der Waals surface area contributed by atoms with E-state index in [9.17, 15) is 19.2 Å². The van der Waals surface area contributed by atoms with E-state index >= 15 is 0 Å². The minimum atomic E-state index is -0.778. The maximum atomic E-state index is 13.7. The van der Waals surface area contributed by atoms with Gasteiger partial charge in [0, 0.05) is 54.3 Å². The Labute approximate surface area is 279 Å². The number of anilines is 3. The fourth-order valence-corrected chi connectivity index (χ4v) is 6.95. The Kier molecular flexibility index (Phi) is 8.14. The van der Waals surface area contributed by atoms with Crippen LogP contribution in [0, 0.1) is 5.92 Å². The molecule has 0 radical (unpaired) electrons. The molecule has 2 atom stereocenters. The highest BCUT2D eigenvalue weighted by Gasteiger charge is 2.35. The smallest absolute Gasteiger partial charge is 0.349 e. The molecular weight excluding hydrogens is 636 g/mol. The van der Waals surface area contributed by atoms with Gasteiger partial charge in [-0.3, -0.25) is 14.4 Å². The van der Waals surface area contributed by atoms with Crippen LogP contribution in [0.15, 0.2) is 92.9 Å². The van der Waals surface area contributed by atoms with Gasteiger partial charge >= 0.3 is 5.63 Å². The first kappa shape index (κ1) is 31.1. The standard InChI is InChI=1S/C36H31ClN4O7/c1-46-31-16-32(47-2)27(15-25(31)37)39-34(43)22-10-11-29(40-17-20-12-23(19-40)28-7-5-9-33(42)41(28)18-20)26(14-22)38-35(44)24-13-21-6-3-4-8-30(21)48-36(24)45/h3-11,13-16,20,23H,12,17-19H2,1-2H3,(H,38,44)(H,39,43)/t20-,23+/m1/s1.